The van der Waals surface area contributed by atoms with Gasteiger partial charge in [-0.2, -0.15) is 0 Å². The van der Waals surface area contributed by atoms with Gasteiger partial charge in [0, 0.05) is 24.9 Å². The normalized spacial score (nSPS) is 17.8. The number of amides is 4. The molecule has 1 fully saturated rings. The molecule has 0 saturated carbocycles. The van der Waals surface area contributed by atoms with Crippen LogP contribution >= 0.6 is 0 Å². The van der Waals surface area contributed by atoms with Crippen LogP contribution in [0.2, 0.25) is 0 Å². The Bertz CT molecular complexity index is 797. The summed E-state index contributed by atoms with van der Waals surface area (Å²) in [6.07, 6.45) is 3.47. The van der Waals surface area contributed by atoms with Crippen LogP contribution in [0.5, 0.6) is 0 Å². The van der Waals surface area contributed by atoms with Crippen LogP contribution in [0.25, 0.3) is 0 Å². The fraction of sp³-hybridized carbons (Fsp3) is 0.529. The number of hydrogen-bond donors (Lipinski definition) is 6. The third kappa shape index (κ3) is 6.27. The molecule has 1 saturated heterocycles. The second kappa shape index (κ2) is 10.3. The predicted octanol–water partition coefficient (Wildman–Crippen LogP) is -3.17. The number of carbonyl (C=O) groups is 5. The molecular formula is C17H25N7O6. The van der Waals surface area contributed by atoms with Crippen LogP contribution in [0.15, 0.2) is 12.5 Å². The van der Waals surface area contributed by atoms with Gasteiger partial charge in [0.1, 0.15) is 18.6 Å². The van der Waals surface area contributed by atoms with Crippen molar-refractivity contribution in [3.05, 3.63) is 18.2 Å². The number of hydrogen-bond acceptors (Lipinski definition) is 7. The molecule has 1 aromatic heterocycles. The van der Waals surface area contributed by atoms with Gasteiger partial charge < -0.3 is 37.1 Å². The molecule has 1 aliphatic heterocycles. The van der Waals surface area contributed by atoms with Crippen molar-refractivity contribution in [2.24, 2.45) is 11.5 Å². The maximum Gasteiger partial charge on any atom is 0.322 e. The van der Waals surface area contributed by atoms with Gasteiger partial charge in [-0.1, -0.05) is 0 Å². The highest BCUT2D eigenvalue weighted by atomic mass is 16.4. The summed E-state index contributed by atoms with van der Waals surface area (Å²) in [7, 11) is 0. The maximum atomic E-state index is 13.2. The van der Waals surface area contributed by atoms with E-state index in [1.54, 1.807) is 0 Å². The van der Waals surface area contributed by atoms with Crippen molar-refractivity contribution in [2.45, 2.75) is 43.8 Å². The number of aliphatic carboxylic acids is 1. The van der Waals surface area contributed by atoms with E-state index in [-0.39, 0.29) is 19.4 Å². The molecule has 0 aliphatic carbocycles. The zero-order valence-corrected chi connectivity index (χ0v) is 16.2. The first-order valence-electron chi connectivity index (χ1n) is 9.30. The summed E-state index contributed by atoms with van der Waals surface area (Å²) < 4.78 is 0. The van der Waals surface area contributed by atoms with Crippen molar-refractivity contribution >= 4 is 29.6 Å². The number of nitrogens with two attached hydrogens (primary N) is 2. The van der Waals surface area contributed by atoms with E-state index >= 15 is 0 Å². The van der Waals surface area contributed by atoms with Crippen molar-refractivity contribution in [1.82, 2.24) is 25.5 Å². The lowest BCUT2D eigenvalue weighted by atomic mass is 10.1. The van der Waals surface area contributed by atoms with E-state index in [9.17, 15) is 24.0 Å². The highest BCUT2D eigenvalue weighted by Crippen LogP contribution is 2.19. The van der Waals surface area contributed by atoms with Crippen LogP contribution in [0, 0.1) is 0 Å². The van der Waals surface area contributed by atoms with E-state index in [0.29, 0.717) is 18.5 Å². The number of carboxylic acid groups (broad SMARTS) is 1. The van der Waals surface area contributed by atoms with E-state index in [1.807, 2.05) is 0 Å². The minimum Gasteiger partial charge on any atom is -0.480 e. The highest BCUT2D eigenvalue weighted by Gasteiger charge is 2.38. The molecule has 30 heavy (non-hydrogen) atoms. The summed E-state index contributed by atoms with van der Waals surface area (Å²) in [4.78, 5) is 67.5. The molecule has 4 amide bonds. The number of H-pyrrole nitrogens is 1. The molecule has 0 aromatic carbocycles. The topological polar surface area (TPSA) is 214 Å². The SMILES string of the molecule is NC(=O)CC(N)C(=O)NC(Cc1cnc[nH]1)C(=O)N1CCCC1C(=O)NCC(=O)O. The first-order chi connectivity index (χ1) is 14.2. The minimum absolute atomic E-state index is 0.0494. The molecule has 0 radical (unpaired) electrons. The van der Waals surface area contributed by atoms with E-state index in [1.165, 1.54) is 17.4 Å². The van der Waals surface area contributed by atoms with Gasteiger partial charge in [0.2, 0.25) is 23.6 Å². The van der Waals surface area contributed by atoms with Crippen LogP contribution in [-0.4, -0.2) is 80.8 Å². The first-order valence-corrected chi connectivity index (χ1v) is 9.30. The number of primary amides is 1. The number of aromatic amines is 1. The molecule has 0 spiro atoms. The summed E-state index contributed by atoms with van der Waals surface area (Å²) >= 11 is 0. The molecule has 3 unspecified atom stereocenters. The average molecular weight is 423 g/mol. The number of likely N-dealkylation sites (tertiary alicyclic amines) is 1. The number of nitrogens with one attached hydrogen (secondary N) is 3. The van der Waals surface area contributed by atoms with Gasteiger partial charge in [-0.25, -0.2) is 4.98 Å². The van der Waals surface area contributed by atoms with Gasteiger partial charge >= 0.3 is 5.97 Å². The standard InChI is InChI=1S/C17H25N7O6/c18-10(5-13(19)25)15(28)23-11(4-9-6-20-8-22-9)17(30)24-3-1-2-12(24)16(29)21-7-14(26)27/h6,8,10-12H,1-5,7,18H2,(H2,19,25)(H,20,22)(H,21,29)(H,23,28)(H,26,27). The molecule has 1 aliphatic rings. The third-order valence-electron chi connectivity index (χ3n) is 4.60. The largest absolute Gasteiger partial charge is 0.480 e. The summed E-state index contributed by atoms with van der Waals surface area (Å²) in [5, 5.41) is 13.5. The zero-order valence-electron chi connectivity index (χ0n) is 16.2. The Labute approximate surface area is 171 Å². The Kier molecular flexibility index (Phi) is 7.86. The number of nitrogens with zero attached hydrogens (tertiary/aromatic N) is 2. The van der Waals surface area contributed by atoms with Gasteiger partial charge in [-0.15, -0.1) is 0 Å². The molecule has 0 bridgehead atoms. The van der Waals surface area contributed by atoms with Crippen molar-refractivity contribution in [3.63, 3.8) is 0 Å². The van der Waals surface area contributed by atoms with Crippen LogP contribution in [0.1, 0.15) is 25.0 Å². The van der Waals surface area contributed by atoms with Crippen molar-refractivity contribution in [2.75, 3.05) is 13.1 Å². The van der Waals surface area contributed by atoms with Crippen LogP contribution in [0.4, 0.5) is 0 Å². The molecular weight excluding hydrogens is 398 g/mol. The lowest BCUT2D eigenvalue weighted by Crippen LogP contribution is -2.56. The van der Waals surface area contributed by atoms with E-state index in [4.69, 9.17) is 16.6 Å². The number of rotatable bonds is 10. The van der Waals surface area contributed by atoms with E-state index < -0.39 is 54.3 Å². The summed E-state index contributed by atoms with van der Waals surface area (Å²) in [6, 6.07) is -3.16. The van der Waals surface area contributed by atoms with Crippen LogP contribution < -0.4 is 22.1 Å². The molecule has 3 atom stereocenters. The average Bonchev–Trinajstić information content (AvgIpc) is 3.36. The Morgan fingerprint density at radius 1 is 1.33 bits per heavy atom. The molecule has 13 heteroatoms. The lowest BCUT2D eigenvalue weighted by Gasteiger charge is -2.29. The Morgan fingerprint density at radius 3 is 2.67 bits per heavy atom. The zero-order chi connectivity index (χ0) is 22.3. The Morgan fingerprint density at radius 2 is 2.07 bits per heavy atom. The van der Waals surface area contributed by atoms with Crippen molar-refractivity contribution in [3.8, 4) is 0 Å². The second-order valence-corrected chi connectivity index (χ2v) is 6.92. The third-order valence-corrected chi connectivity index (χ3v) is 4.60. The summed E-state index contributed by atoms with van der Waals surface area (Å²) in [5.74, 6) is -3.81. The lowest BCUT2D eigenvalue weighted by molar-refractivity contribution is -0.142. The predicted molar refractivity (Wildman–Crippen MR) is 101 cm³/mol. The van der Waals surface area contributed by atoms with E-state index in [0.717, 1.165) is 0 Å². The van der Waals surface area contributed by atoms with Gasteiger partial charge in [0.15, 0.2) is 0 Å². The fourth-order valence-electron chi connectivity index (χ4n) is 3.19. The Hall–Kier alpha value is -3.48. The number of carbonyl (C=O) groups excluding carboxylic acids is 4. The maximum absolute atomic E-state index is 13.2. The Balaban J connectivity index is 2.14. The molecule has 8 N–H and O–H groups in total. The quantitative estimate of drug-likeness (QED) is 0.225. The van der Waals surface area contributed by atoms with Gasteiger partial charge in [0.25, 0.3) is 0 Å². The van der Waals surface area contributed by atoms with Crippen LogP contribution in [0.3, 0.4) is 0 Å². The van der Waals surface area contributed by atoms with Crippen molar-refractivity contribution in [1.29, 1.82) is 0 Å². The number of aromatic nitrogens is 2. The number of imidazole rings is 1. The smallest absolute Gasteiger partial charge is 0.322 e. The monoisotopic (exact) mass is 423 g/mol. The summed E-state index contributed by atoms with van der Waals surface area (Å²) in [6.45, 7) is -0.291. The van der Waals surface area contributed by atoms with Crippen LogP contribution in [-0.2, 0) is 30.4 Å². The fourth-order valence-corrected chi connectivity index (χ4v) is 3.19. The van der Waals surface area contributed by atoms with Crippen molar-refractivity contribution < 1.29 is 29.1 Å². The van der Waals surface area contributed by atoms with E-state index in [2.05, 4.69) is 20.6 Å². The second-order valence-electron chi connectivity index (χ2n) is 6.92. The molecule has 164 valence electrons. The van der Waals surface area contributed by atoms with Gasteiger partial charge in [-0.3, -0.25) is 24.0 Å². The molecule has 2 rings (SSSR count). The highest BCUT2D eigenvalue weighted by molar-refractivity contribution is 5.95. The molecule has 13 nitrogen and oxygen atoms in total. The number of carboxylic acids is 1. The molecule has 2 heterocycles. The first kappa shape index (κ1) is 22.8. The molecule has 1 aromatic rings. The van der Waals surface area contributed by atoms with Gasteiger partial charge in [-0.05, 0) is 12.8 Å². The van der Waals surface area contributed by atoms with Gasteiger partial charge in [0.05, 0.1) is 18.8 Å². The summed E-state index contributed by atoms with van der Waals surface area (Å²) in [5.41, 5.74) is 11.3. The minimum atomic E-state index is -1.23.